The molecule has 0 aromatic carbocycles. The molecule has 3 rings (SSSR count). The fourth-order valence-corrected chi connectivity index (χ4v) is 3.86. The van der Waals surface area contributed by atoms with Crippen molar-refractivity contribution < 1.29 is 33.3 Å². The molecule has 29 heavy (non-hydrogen) atoms. The number of epoxide rings is 1. The van der Waals surface area contributed by atoms with Gasteiger partial charge in [0.2, 0.25) is 0 Å². The average Bonchev–Trinajstić information content (AvgIpc) is 3.20. The summed E-state index contributed by atoms with van der Waals surface area (Å²) < 4.78 is 22.6. The van der Waals surface area contributed by atoms with Gasteiger partial charge in [-0.2, -0.15) is 0 Å². The molecular formula is C22H28O7. The summed E-state index contributed by atoms with van der Waals surface area (Å²) in [6.45, 7) is 11.3. The number of ether oxygens (including phenoxy) is 4. The average molecular weight is 404 g/mol. The lowest BCUT2D eigenvalue weighted by molar-refractivity contribution is -0.166. The van der Waals surface area contributed by atoms with E-state index in [1.54, 1.807) is 26.8 Å². The number of esters is 2. The molecule has 2 aliphatic heterocycles. The molecule has 158 valence electrons. The first kappa shape index (κ1) is 21.5. The second-order valence-corrected chi connectivity index (χ2v) is 7.91. The molecule has 2 fully saturated rings. The van der Waals surface area contributed by atoms with Crippen LogP contribution >= 0.6 is 0 Å². The van der Waals surface area contributed by atoms with E-state index < -0.39 is 41.8 Å². The quantitative estimate of drug-likeness (QED) is 0.228. The second-order valence-electron chi connectivity index (χ2n) is 7.91. The summed E-state index contributed by atoms with van der Waals surface area (Å²) in [5, 5.41) is 0. The van der Waals surface area contributed by atoms with Crippen molar-refractivity contribution in [2.75, 3.05) is 6.61 Å². The predicted octanol–water partition coefficient (Wildman–Crippen LogP) is 2.44. The van der Waals surface area contributed by atoms with E-state index in [2.05, 4.69) is 6.58 Å². The van der Waals surface area contributed by atoms with E-state index in [9.17, 15) is 14.4 Å². The Morgan fingerprint density at radius 1 is 1.45 bits per heavy atom. The van der Waals surface area contributed by atoms with Gasteiger partial charge in [0.25, 0.3) is 0 Å². The molecule has 0 amide bonds. The highest BCUT2D eigenvalue weighted by molar-refractivity contribution is 5.91. The third-order valence-electron chi connectivity index (χ3n) is 5.88. The van der Waals surface area contributed by atoms with Gasteiger partial charge in [0.15, 0.2) is 5.60 Å². The van der Waals surface area contributed by atoms with Crippen LogP contribution in [0.15, 0.2) is 35.5 Å². The van der Waals surface area contributed by atoms with E-state index >= 15 is 0 Å². The molecule has 0 saturated carbocycles. The summed E-state index contributed by atoms with van der Waals surface area (Å²) in [5.74, 6) is -1.77. The van der Waals surface area contributed by atoms with Crippen molar-refractivity contribution in [3.63, 3.8) is 0 Å². The minimum atomic E-state index is -1.05. The summed E-state index contributed by atoms with van der Waals surface area (Å²) in [6, 6.07) is 0. The minimum Gasteiger partial charge on any atom is -0.456 e. The van der Waals surface area contributed by atoms with E-state index in [-0.39, 0.29) is 11.7 Å². The van der Waals surface area contributed by atoms with Gasteiger partial charge in [-0.15, -0.1) is 0 Å². The molecule has 1 aliphatic carbocycles. The van der Waals surface area contributed by atoms with Crippen LogP contribution in [0.5, 0.6) is 0 Å². The molecule has 2 saturated heterocycles. The molecule has 0 aromatic rings. The van der Waals surface area contributed by atoms with Crippen LogP contribution in [0.2, 0.25) is 0 Å². The third-order valence-corrected chi connectivity index (χ3v) is 5.88. The number of allylic oxidation sites excluding steroid dienone is 2. The van der Waals surface area contributed by atoms with Crippen molar-refractivity contribution >= 4 is 18.2 Å². The molecule has 7 nitrogen and oxygen atoms in total. The Morgan fingerprint density at radius 2 is 2.14 bits per heavy atom. The topological polar surface area (TPSA) is 91.4 Å². The number of aldehydes is 1. The van der Waals surface area contributed by atoms with Crippen LogP contribution in [0.25, 0.3) is 0 Å². The molecule has 0 aromatic heterocycles. The van der Waals surface area contributed by atoms with Gasteiger partial charge in [0.1, 0.15) is 24.6 Å². The van der Waals surface area contributed by atoms with Crippen molar-refractivity contribution in [1.82, 2.24) is 0 Å². The maximum Gasteiger partial charge on any atom is 0.341 e. The van der Waals surface area contributed by atoms with Crippen LogP contribution in [-0.4, -0.2) is 54.8 Å². The summed E-state index contributed by atoms with van der Waals surface area (Å²) in [4.78, 5) is 37.0. The van der Waals surface area contributed by atoms with Crippen molar-refractivity contribution in [1.29, 1.82) is 0 Å². The molecule has 0 bridgehead atoms. The fourth-order valence-electron chi connectivity index (χ4n) is 3.86. The lowest BCUT2D eigenvalue weighted by Crippen LogP contribution is -2.46. The number of hydrogen-bond donors (Lipinski definition) is 0. The van der Waals surface area contributed by atoms with Crippen LogP contribution in [0.3, 0.4) is 0 Å². The molecule has 7 heteroatoms. The van der Waals surface area contributed by atoms with Crippen molar-refractivity contribution in [2.24, 2.45) is 5.92 Å². The van der Waals surface area contributed by atoms with Gasteiger partial charge in [0, 0.05) is 17.8 Å². The maximum absolute atomic E-state index is 12.9. The first-order valence-corrected chi connectivity index (χ1v) is 9.95. The van der Waals surface area contributed by atoms with Crippen molar-refractivity contribution in [3.8, 4) is 0 Å². The number of carbonyl (C=O) groups excluding carboxylic acids is 3. The van der Waals surface area contributed by atoms with E-state index in [1.165, 1.54) is 0 Å². The summed E-state index contributed by atoms with van der Waals surface area (Å²) in [5.41, 5.74) is 0.529. The standard InChI is InChI=1S/C22H28O7/c1-6-26-18-15(11-23)9-7-8-12(2)10-16-17(13(3)20(24)27-16)19(18)28-21(25)22(5)14(4)29-22/h9-11,14,16-19H,3,6-8H2,1-2,4-5H3/t14-,16+,17+,18+,19+,22-/m0/s1. The zero-order valence-electron chi connectivity index (χ0n) is 17.3. The molecule has 6 atom stereocenters. The summed E-state index contributed by atoms with van der Waals surface area (Å²) in [6.07, 6.45) is 2.97. The summed E-state index contributed by atoms with van der Waals surface area (Å²) in [7, 11) is 0. The third kappa shape index (κ3) is 4.07. The Labute approximate surface area is 170 Å². The SMILES string of the molecule is C=C1C(=O)O[C@@H]2C=C(C)CCC=C(C=O)[C@@H](OCC)[C@H](OC(=O)[C@@]3(C)O[C@H]3C)[C@H]12. The number of carbonyl (C=O) groups is 3. The van der Waals surface area contributed by atoms with Crippen molar-refractivity contribution in [2.45, 2.75) is 70.6 Å². The van der Waals surface area contributed by atoms with Gasteiger partial charge in [-0.05, 0) is 46.6 Å². The van der Waals surface area contributed by atoms with Crippen LogP contribution in [0.1, 0.15) is 40.5 Å². The highest BCUT2D eigenvalue weighted by Gasteiger charge is 2.59. The lowest BCUT2D eigenvalue weighted by Gasteiger charge is -2.33. The Kier molecular flexibility index (Phi) is 6.10. The zero-order chi connectivity index (χ0) is 21.3. The van der Waals surface area contributed by atoms with Crippen LogP contribution in [0.4, 0.5) is 0 Å². The molecule has 3 aliphatic rings. The molecule has 2 heterocycles. The number of hydrogen-bond acceptors (Lipinski definition) is 7. The van der Waals surface area contributed by atoms with E-state index in [4.69, 9.17) is 18.9 Å². The Morgan fingerprint density at radius 3 is 2.72 bits per heavy atom. The van der Waals surface area contributed by atoms with Gasteiger partial charge in [0.05, 0.1) is 12.0 Å². The van der Waals surface area contributed by atoms with Gasteiger partial charge in [-0.1, -0.05) is 18.2 Å². The number of fused-ring (bicyclic) bond motifs is 1. The maximum atomic E-state index is 12.9. The molecule has 0 N–H and O–H groups in total. The first-order valence-electron chi connectivity index (χ1n) is 9.95. The predicted molar refractivity (Wildman–Crippen MR) is 104 cm³/mol. The van der Waals surface area contributed by atoms with Crippen LogP contribution < -0.4 is 0 Å². The molecule has 0 unspecified atom stereocenters. The van der Waals surface area contributed by atoms with Gasteiger partial charge in [-0.3, -0.25) is 4.79 Å². The van der Waals surface area contributed by atoms with E-state index in [0.29, 0.717) is 25.0 Å². The van der Waals surface area contributed by atoms with Crippen LogP contribution in [-0.2, 0) is 33.3 Å². The van der Waals surface area contributed by atoms with Crippen molar-refractivity contribution in [3.05, 3.63) is 35.5 Å². The Hall–Kier alpha value is -2.25. The van der Waals surface area contributed by atoms with E-state index in [1.807, 2.05) is 13.0 Å². The molecule has 0 radical (unpaired) electrons. The fraction of sp³-hybridized carbons (Fsp3) is 0.591. The van der Waals surface area contributed by atoms with Gasteiger partial charge >= 0.3 is 11.9 Å². The monoisotopic (exact) mass is 404 g/mol. The number of rotatable bonds is 5. The van der Waals surface area contributed by atoms with Gasteiger partial charge < -0.3 is 18.9 Å². The second kappa shape index (κ2) is 8.24. The van der Waals surface area contributed by atoms with E-state index in [0.717, 1.165) is 11.9 Å². The Bertz CT molecular complexity index is 780. The summed E-state index contributed by atoms with van der Waals surface area (Å²) >= 11 is 0. The molecular weight excluding hydrogens is 376 g/mol. The van der Waals surface area contributed by atoms with Gasteiger partial charge in [-0.25, -0.2) is 9.59 Å². The largest absolute Gasteiger partial charge is 0.456 e. The highest BCUT2D eigenvalue weighted by atomic mass is 16.7. The lowest BCUT2D eigenvalue weighted by atomic mass is 9.83. The first-order chi connectivity index (χ1) is 13.7. The minimum absolute atomic E-state index is 0.197. The smallest absolute Gasteiger partial charge is 0.341 e. The highest BCUT2D eigenvalue weighted by Crippen LogP contribution is 2.41. The Balaban J connectivity index is 2.06. The van der Waals surface area contributed by atoms with Crippen LogP contribution in [0, 0.1) is 5.92 Å². The normalized spacial score (nSPS) is 37.0. The molecule has 0 spiro atoms. The zero-order valence-corrected chi connectivity index (χ0v) is 17.3.